The molecule has 1 atom stereocenters. The number of hydrogen-bond donors (Lipinski definition) is 3. The van der Waals surface area contributed by atoms with E-state index in [2.05, 4.69) is 15.6 Å². The molecule has 0 saturated carbocycles. The maximum atomic E-state index is 11.8. The molecule has 2 aromatic rings. The number of carbonyl (C=O) groups excluding carboxylic acids is 1. The number of carboxylic acid groups (broad SMARTS) is 1. The normalized spacial score (nSPS) is 11.7. The second-order valence-corrected chi connectivity index (χ2v) is 5.53. The highest BCUT2D eigenvalue weighted by molar-refractivity contribution is 7.09. The lowest BCUT2D eigenvalue weighted by molar-refractivity contribution is 0.0691. The molecule has 2 rings (SSSR count). The molecule has 1 unspecified atom stereocenters. The number of thiazole rings is 1. The minimum atomic E-state index is -1.09. The molecule has 1 aromatic heterocycles. The van der Waals surface area contributed by atoms with Crippen molar-refractivity contribution in [2.24, 2.45) is 0 Å². The van der Waals surface area contributed by atoms with E-state index in [4.69, 9.17) is 16.7 Å². The zero-order valence-electron chi connectivity index (χ0n) is 11.0. The molecule has 0 bridgehead atoms. The van der Waals surface area contributed by atoms with Crippen molar-refractivity contribution >= 4 is 40.6 Å². The number of nitrogens with zero attached hydrogens (tertiary/aromatic N) is 1. The van der Waals surface area contributed by atoms with Crippen molar-refractivity contribution in [1.82, 2.24) is 10.3 Å². The fourth-order valence-corrected chi connectivity index (χ4v) is 2.57. The summed E-state index contributed by atoms with van der Waals surface area (Å²) in [6.07, 6.45) is 0. The van der Waals surface area contributed by atoms with E-state index < -0.39 is 18.0 Å². The number of urea groups is 1. The summed E-state index contributed by atoms with van der Waals surface area (Å²) in [4.78, 5) is 26.5. The number of rotatable bonds is 4. The molecule has 0 aliphatic rings. The number of halogens is 1. The highest BCUT2D eigenvalue weighted by Crippen LogP contribution is 2.19. The van der Waals surface area contributed by atoms with Crippen molar-refractivity contribution in [3.8, 4) is 0 Å². The Morgan fingerprint density at radius 2 is 2.19 bits per heavy atom. The van der Waals surface area contributed by atoms with E-state index in [0.29, 0.717) is 15.7 Å². The Morgan fingerprint density at radius 3 is 2.81 bits per heavy atom. The summed E-state index contributed by atoms with van der Waals surface area (Å²) in [6.45, 7) is 1.72. The second kappa shape index (κ2) is 6.55. The molecular weight excluding hydrogens is 314 g/mol. The monoisotopic (exact) mass is 325 g/mol. The van der Waals surface area contributed by atoms with Gasteiger partial charge >= 0.3 is 12.0 Å². The maximum absolute atomic E-state index is 11.8. The summed E-state index contributed by atoms with van der Waals surface area (Å²) in [6, 6.07) is 5.94. The van der Waals surface area contributed by atoms with Gasteiger partial charge in [0.15, 0.2) is 5.69 Å². The average molecular weight is 326 g/mol. The third-order valence-electron chi connectivity index (χ3n) is 2.54. The lowest BCUT2D eigenvalue weighted by Gasteiger charge is -2.12. The van der Waals surface area contributed by atoms with E-state index in [1.165, 1.54) is 16.7 Å². The van der Waals surface area contributed by atoms with Crippen LogP contribution < -0.4 is 10.6 Å². The lowest BCUT2D eigenvalue weighted by Crippen LogP contribution is -2.31. The van der Waals surface area contributed by atoms with Crippen LogP contribution in [0.4, 0.5) is 10.5 Å². The van der Waals surface area contributed by atoms with E-state index in [1.807, 2.05) is 0 Å². The SMILES string of the molecule is CC(NC(=O)Nc1cccc(Cl)c1)c1nc(C(=O)O)cs1. The number of carboxylic acids is 1. The molecule has 6 nitrogen and oxygen atoms in total. The van der Waals surface area contributed by atoms with Crippen LogP contribution in [0.25, 0.3) is 0 Å². The molecule has 2 amide bonds. The van der Waals surface area contributed by atoms with Crippen LogP contribution in [-0.4, -0.2) is 22.1 Å². The number of anilines is 1. The van der Waals surface area contributed by atoms with Crippen LogP contribution in [0.1, 0.15) is 28.5 Å². The quantitative estimate of drug-likeness (QED) is 0.803. The molecule has 0 saturated heterocycles. The first-order valence-electron chi connectivity index (χ1n) is 5.97. The predicted molar refractivity (Wildman–Crippen MR) is 81.1 cm³/mol. The number of aromatic nitrogens is 1. The van der Waals surface area contributed by atoms with Gasteiger partial charge in [-0.25, -0.2) is 14.6 Å². The van der Waals surface area contributed by atoms with Gasteiger partial charge in [-0.3, -0.25) is 0 Å². The van der Waals surface area contributed by atoms with Crippen molar-refractivity contribution in [2.75, 3.05) is 5.32 Å². The Morgan fingerprint density at radius 1 is 1.43 bits per heavy atom. The summed E-state index contributed by atoms with van der Waals surface area (Å²) >= 11 is 7.01. The zero-order chi connectivity index (χ0) is 15.4. The van der Waals surface area contributed by atoms with E-state index in [1.54, 1.807) is 31.2 Å². The number of hydrogen-bond acceptors (Lipinski definition) is 4. The Balaban J connectivity index is 1.96. The number of nitrogens with one attached hydrogen (secondary N) is 2. The first-order chi connectivity index (χ1) is 9.95. The molecule has 0 aliphatic heterocycles. The minimum absolute atomic E-state index is 0.0288. The predicted octanol–water partition coefficient (Wildman–Crippen LogP) is 3.38. The van der Waals surface area contributed by atoms with Crippen LogP contribution in [0.2, 0.25) is 5.02 Å². The van der Waals surface area contributed by atoms with Gasteiger partial charge < -0.3 is 15.7 Å². The largest absolute Gasteiger partial charge is 0.476 e. The first kappa shape index (κ1) is 15.3. The summed E-state index contributed by atoms with van der Waals surface area (Å²) < 4.78 is 0. The van der Waals surface area contributed by atoms with Crippen molar-refractivity contribution < 1.29 is 14.7 Å². The topological polar surface area (TPSA) is 91.3 Å². The molecule has 8 heteroatoms. The minimum Gasteiger partial charge on any atom is -0.476 e. The molecule has 0 aliphatic carbocycles. The molecule has 0 fully saturated rings. The van der Waals surface area contributed by atoms with Gasteiger partial charge in [0.05, 0.1) is 6.04 Å². The molecule has 0 radical (unpaired) electrons. The van der Waals surface area contributed by atoms with Crippen molar-refractivity contribution in [2.45, 2.75) is 13.0 Å². The van der Waals surface area contributed by atoms with Crippen LogP contribution in [0.3, 0.4) is 0 Å². The Hall–Kier alpha value is -2.12. The molecule has 0 spiro atoms. The maximum Gasteiger partial charge on any atom is 0.355 e. The van der Waals surface area contributed by atoms with Gasteiger partial charge in [-0.2, -0.15) is 0 Å². The number of aromatic carboxylic acids is 1. The molecular formula is C13H12ClN3O3S. The number of amides is 2. The van der Waals surface area contributed by atoms with Crippen LogP contribution in [0.5, 0.6) is 0 Å². The second-order valence-electron chi connectivity index (χ2n) is 4.21. The van der Waals surface area contributed by atoms with Gasteiger partial charge in [-0.1, -0.05) is 17.7 Å². The molecule has 110 valence electrons. The van der Waals surface area contributed by atoms with E-state index in [0.717, 1.165) is 0 Å². The number of benzene rings is 1. The van der Waals surface area contributed by atoms with Crippen LogP contribution in [-0.2, 0) is 0 Å². The third kappa shape index (κ3) is 4.17. The Kier molecular flexibility index (Phi) is 4.77. The summed E-state index contributed by atoms with van der Waals surface area (Å²) in [5.41, 5.74) is 0.538. The Labute approximate surface area is 129 Å². The van der Waals surface area contributed by atoms with Gasteiger partial charge in [-0.15, -0.1) is 11.3 Å². The fourth-order valence-electron chi connectivity index (χ4n) is 1.58. The van der Waals surface area contributed by atoms with E-state index >= 15 is 0 Å². The third-order valence-corrected chi connectivity index (χ3v) is 3.80. The molecule has 3 N–H and O–H groups in total. The van der Waals surface area contributed by atoms with Crippen LogP contribution in [0.15, 0.2) is 29.6 Å². The number of carbonyl (C=O) groups is 2. The van der Waals surface area contributed by atoms with Crippen molar-refractivity contribution in [3.05, 3.63) is 45.4 Å². The summed E-state index contributed by atoms with van der Waals surface area (Å²) in [7, 11) is 0. The highest BCUT2D eigenvalue weighted by atomic mass is 35.5. The van der Waals surface area contributed by atoms with Crippen LogP contribution >= 0.6 is 22.9 Å². The molecule has 1 aromatic carbocycles. The molecule has 21 heavy (non-hydrogen) atoms. The van der Waals surface area contributed by atoms with Gasteiger partial charge in [-0.05, 0) is 25.1 Å². The van der Waals surface area contributed by atoms with Crippen molar-refractivity contribution in [3.63, 3.8) is 0 Å². The van der Waals surface area contributed by atoms with Gasteiger partial charge in [0.1, 0.15) is 5.01 Å². The van der Waals surface area contributed by atoms with Crippen LogP contribution in [0, 0.1) is 0 Å². The lowest BCUT2D eigenvalue weighted by atomic mass is 10.3. The molecule has 1 heterocycles. The van der Waals surface area contributed by atoms with Crippen molar-refractivity contribution in [1.29, 1.82) is 0 Å². The fraction of sp³-hybridized carbons (Fsp3) is 0.154. The first-order valence-corrected chi connectivity index (χ1v) is 7.23. The summed E-state index contributed by atoms with van der Waals surface area (Å²) in [5, 5.41) is 16.6. The average Bonchev–Trinajstić information content (AvgIpc) is 2.88. The van der Waals surface area contributed by atoms with Gasteiger partial charge in [0.2, 0.25) is 0 Å². The summed E-state index contributed by atoms with van der Waals surface area (Å²) in [5.74, 6) is -1.09. The standard InChI is InChI=1S/C13H12ClN3O3S/c1-7(11-17-10(6-21-11)12(18)19)15-13(20)16-9-4-2-3-8(14)5-9/h2-7H,1H3,(H,18,19)(H2,15,16,20). The Bertz CT molecular complexity index is 674. The van der Waals surface area contributed by atoms with Gasteiger partial charge in [0.25, 0.3) is 0 Å². The van der Waals surface area contributed by atoms with E-state index in [-0.39, 0.29) is 5.69 Å². The van der Waals surface area contributed by atoms with Gasteiger partial charge in [0, 0.05) is 16.1 Å². The highest BCUT2D eigenvalue weighted by Gasteiger charge is 2.16. The smallest absolute Gasteiger partial charge is 0.355 e. The van der Waals surface area contributed by atoms with E-state index in [9.17, 15) is 9.59 Å². The zero-order valence-corrected chi connectivity index (χ0v) is 12.5.